The fourth-order valence-electron chi connectivity index (χ4n) is 1.30. The number of nitrogens with one attached hydrogen (secondary N) is 1. The van der Waals surface area contributed by atoms with Crippen molar-refractivity contribution < 1.29 is 4.74 Å². The Morgan fingerprint density at radius 2 is 2.21 bits per heavy atom. The van der Waals surface area contributed by atoms with Gasteiger partial charge in [-0.1, -0.05) is 13.0 Å². The first-order chi connectivity index (χ1) is 8.61. The number of hydrogen-bond donors (Lipinski definition) is 2. The minimum atomic E-state index is 0. The van der Waals surface area contributed by atoms with E-state index in [0.717, 1.165) is 18.5 Å². The lowest BCUT2D eigenvalue weighted by Crippen LogP contribution is -2.32. The first kappa shape index (κ1) is 17.9. The number of rotatable bonds is 6. The summed E-state index contributed by atoms with van der Waals surface area (Å²) >= 11 is 0. The number of aliphatic imine (C=N–C) groups is 1. The maximum Gasteiger partial charge on any atom is 0.213 e. The molecule has 0 radical (unpaired) electrons. The van der Waals surface area contributed by atoms with E-state index in [1.807, 2.05) is 26.0 Å². The fourth-order valence-corrected chi connectivity index (χ4v) is 1.30. The van der Waals surface area contributed by atoms with Crippen LogP contribution in [-0.2, 0) is 6.54 Å². The molecule has 1 rings (SSSR count). The van der Waals surface area contributed by atoms with Gasteiger partial charge in [-0.05, 0) is 25.8 Å². The maximum absolute atomic E-state index is 5.70. The maximum atomic E-state index is 5.70. The Hall–Kier alpha value is -1.05. The van der Waals surface area contributed by atoms with Gasteiger partial charge < -0.3 is 15.8 Å². The number of halogens is 1. The number of nitrogens with zero attached hydrogens (tertiary/aromatic N) is 2. The van der Waals surface area contributed by atoms with Crippen LogP contribution < -0.4 is 15.8 Å². The molecule has 0 saturated carbocycles. The van der Waals surface area contributed by atoms with Crippen molar-refractivity contribution in [1.29, 1.82) is 0 Å². The van der Waals surface area contributed by atoms with E-state index in [1.54, 1.807) is 6.20 Å². The molecule has 0 aliphatic carbocycles. The Labute approximate surface area is 132 Å². The predicted octanol–water partition coefficient (Wildman–Crippen LogP) is 2.30. The van der Waals surface area contributed by atoms with E-state index in [9.17, 15) is 0 Å². The van der Waals surface area contributed by atoms with Crippen LogP contribution in [0.5, 0.6) is 5.88 Å². The van der Waals surface area contributed by atoms with Gasteiger partial charge in [0.15, 0.2) is 5.96 Å². The molecule has 0 saturated heterocycles. The van der Waals surface area contributed by atoms with Crippen molar-refractivity contribution in [1.82, 2.24) is 10.3 Å². The van der Waals surface area contributed by atoms with Crippen molar-refractivity contribution in [3.05, 3.63) is 23.9 Å². The summed E-state index contributed by atoms with van der Waals surface area (Å²) in [4.78, 5) is 8.43. The van der Waals surface area contributed by atoms with Crippen molar-refractivity contribution in [3.63, 3.8) is 0 Å². The zero-order valence-electron chi connectivity index (χ0n) is 11.7. The summed E-state index contributed by atoms with van der Waals surface area (Å²) in [6, 6.07) is 3.79. The lowest BCUT2D eigenvalue weighted by Gasteiger charge is -2.08. The molecule has 1 aromatic rings. The molecule has 0 aliphatic rings. The number of ether oxygens (including phenoxy) is 1. The number of guanidine groups is 1. The zero-order chi connectivity index (χ0) is 13.4. The second-order valence-corrected chi connectivity index (χ2v) is 4.30. The molecule has 0 bridgehead atoms. The van der Waals surface area contributed by atoms with E-state index in [4.69, 9.17) is 10.5 Å². The summed E-state index contributed by atoms with van der Waals surface area (Å²) < 4.78 is 5.46. The van der Waals surface area contributed by atoms with Crippen molar-refractivity contribution in [2.45, 2.75) is 39.8 Å². The van der Waals surface area contributed by atoms with Gasteiger partial charge in [-0.2, -0.15) is 0 Å². The molecule has 1 aromatic heterocycles. The Balaban J connectivity index is 0.00000324. The molecule has 1 heterocycles. The molecule has 108 valence electrons. The highest BCUT2D eigenvalue weighted by Gasteiger charge is 1.99. The van der Waals surface area contributed by atoms with E-state index < -0.39 is 0 Å². The summed E-state index contributed by atoms with van der Waals surface area (Å²) in [7, 11) is 0. The molecular formula is C13H23IN4O. The van der Waals surface area contributed by atoms with Crippen LogP contribution in [0.1, 0.15) is 32.8 Å². The van der Waals surface area contributed by atoms with Gasteiger partial charge in [-0.25, -0.2) is 9.98 Å². The van der Waals surface area contributed by atoms with Gasteiger partial charge in [0.1, 0.15) is 0 Å². The SMILES string of the molecule is CCCNC(N)=NCc1ccc(OC(C)C)nc1.I. The zero-order valence-corrected chi connectivity index (χ0v) is 14.0. The largest absolute Gasteiger partial charge is 0.475 e. The smallest absolute Gasteiger partial charge is 0.213 e. The second-order valence-electron chi connectivity index (χ2n) is 4.30. The Kier molecular flexibility index (Phi) is 9.28. The summed E-state index contributed by atoms with van der Waals surface area (Å²) in [5.74, 6) is 1.11. The van der Waals surface area contributed by atoms with Gasteiger partial charge in [-0.3, -0.25) is 0 Å². The average molecular weight is 378 g/mol. The Morgan fingerprint density at radius 1 is 1.47 bits per heavy atom. The fraction of sp³-hybridized carbons (Fsp3) is 0.538. The van der Waals surface area contributed by atoms with Gasteiger partial charge in [0.2, 0.25) is 5.88 Å². The number of pyridine rings is 1. The van der Waals surface area contributed by atoms with Gasteiger partial charge in [0.05, 0.1) is 12.6 Å². The number of hydrogen-bond acceptors (Lipinski definition) is 3. The third-order valence-electron chi connectivity index (χ3n) is 2.14. The molecule has 0 aliphatic heterocycles. The van der Waals surface area contributed by atoms with Crippen LogP contribution in [0.2, 0.25) is 0 Å². The van der Waals surface area contributed by atoms with Gasteiger partial charge in [0.25, 0.3) is 0 Å². The van der Waals surface area contributed by atoms with E-state index in [0.29, 0.717) is 18.4 Å². The average Bonchev–Trinajstić information content (AvgIpc) is 2.35. The number of nitrogens with two attached hydrogens (primary N) is 1. The Bertz CT molecular complexity index is 379. The summed E-state index contributed by atoms with van der Waals surface area (Å²) in [5.41, 5.74) is 6.70. The monoisotopic (exact) mass is 378 g/mol. The molecule has 3 N–H and O–H groups in total. The second kappa shape index (κ2) is 9.82. The van der Waals surface area contributed by atoms with Gasteiger partial charge in [0, 0.05) is 18.8 Å². The summed E-state index contributed by atoms with van der Waals surface area (Å²) in [5, 5.41) is 3.02. The van der Waals surface area contributed by atoms with Crippen LogP contribution in [0.3, 0.4) is 0 Å². The molecule has 0 spiro atoms. The van der Waals surface area contributed by atoms with Crippen molar-refractivity contribution in [2.75, 3.05) is 6.54 Å². The molecular weight excluding hydrogens is 355 g/mol. The highest BCUT2D eigenvalue weighted by molar-refractivity contribution is 14.0. The first-order valence-corrected chi connectivity index (χ1v) is 6.27. The summed E-state index contributed by atoms with van der Waals surface area (Å²) in [6.45, 7) is 7.39. The molecule has 5 nitrogen and oxygen atoms in total. The molecule has 0 fully saturated rings. The van der Waals surface area contributed by atoms with Crippen LogP contribution >= 0.6 is 24.0 Å². The molecule has 6 heteroatoms. The predicted molar refractivity (Wildman–Crippen MR) is 89.0 cm³/mol. The van der Waals surface area contributed by atoms with Crippen LogP contribution in [0.15, 0.2) is 23.3 Å². The highest BCUT2D eigenvalue weighted by atomic mass is 127. The molecule has 0 unspecified atom stereocenters. The van der Waals surface area contributed by atoms with E-state index in [1.165, 1.54) is 0 Å². The van der Waals surface area contributed by atoms with E-state index in [-0.39, 0.29) is 30.1 Å². The third-order valence-corrected chi connectivity index (χ3v) is 2.14. The van der Waals surface area contributed by atoms with Crippen LogP contribution in [-0.4, -0.2) is 23.6 Å². The molecule has 0 aromatic carbocycles. The minimum absolute atomic E-state index is 0. The van der Waals surface area contributed by atoms with Crippen molar-refractivity contribution in [2.24, 2.45) is 10.7 Å². The van der Waals surface area contributed by atoms with E-state index >= 15 is 0 Å². The highest BCUT2D eigenvalue weighted by Crippen LogP contribution is 2.09. The van der Waals surface area contributed by atoms with Crippen LogP contribution in [0.25, 0.3) is 0 Å². The standard InChI is InChI=1S/C13H22N4O.HI/c1-4-7-15-13(14)17-9-11-5-6-12(16-8-11)18-10(2)3;/h5-6,8,10H,4,7,9H2,1-3H3,(H3,14,15,17);1H. The first-order valence-electron chi connectivity index (χ1n) is 6.27. The van der Waals surface area contributed by atoms with Gasteiger partial charge in [-0.15, -0.1) is 24.0 Å². The lowest BCUT2D eigenvalue weighted by atomic mass is 10.3. The van der Waals surface area contributed by atoms with Crippen LogP contribution in [0, 0.1) is 0 Å². The van der Waals surface area contributed by atoms with Crippen molar-refractivity contribution >= 4 is 29.9 Å². The topological polar surface area (TPSA) is 72.5 Å². The number of aromatic nitrogens is 1. The Morgan fingerprint density at radius 3 is 2.74 bits per heavy atom. The minimum Gasteiger partial charge on any atom is -0.475 e. The summed E-state index contributed by atoms with van der Waals surface area (Å²) in [6.07, 6.45) is 2.92. The van der Waals surface area contributed by atoms with Crippen LogP contribution in [0.4, 0.5) is 0 Å². The normalized spacial score (nSPS) is 11.1. The lowest BCUT2D eigenvalue weighted by molar-refractivity contribution is 0.232. The molecule has 0 amide bonds. The molecule has 0 atom stereocenters. The van der Waals surface area contributed by atoms with E-state index in [2.05, 4.69) is 22.2 Å². The van der Waals surface area contributed by atoms with Gasteiger partial charge >= 0.3 is 0 Å². The quantitative estimate of drug-likeness (QED) is 0.453. The molecule has 19 heavy (non-hydrogen) atoms. The van der Waals surface area contributed by atoms with Crippen molar-refractivity contribution in [3.8, 4) is 5.88 Å². The third kappa shape index (κ3) is 7.86.